The molecule has 2 N–H and O–H groups in total. The smallest absolute Gasteiger partial charge is 0.344 e. The third-order valence-electron chi connectivity index (χ3n) is 4.38. The van der Waals surface area contributed by atoms with Crippen LogP contribution < -0.4 is 19.7 Å². The number of benzene rings is 2. The summed E-state index contributed by atoms with van der Waals surface area (Å²) >= 11 is 0. The molecule has 0 saturated carbocycles. The third kappa shape index (κ3) is 4.72. The number of anilines is 1. The number of aliphatic carboxylic acids is 1. The van der Waals surface area contributed by atoms with E-state index < -0.39 is 29.9 Å². The summed E-state index contributed by atoms with van der Waals surface area (Å²) in [7, 11) is 0. The highest BCUT2D eigenvalue weighted by atomic mass is 16.5. The van der Waals surface area contributed by atoms with Crippen LogP contribution in [0.3, 0.4) is 0 Å². The van der Waals surface area contributed by atoms with Gasteiger partial charge in [-0.2, -0.15) is 0 Å². The summed E-state index contributed by atoms with van der Waals surface area (Å²) in [5, 5.41) is 11.2. The molecule has 31 heavy (non-hydrogen) atoms. The monoisotopic (exact) mass is 424 g/mol. The van der Waals surface area contributed by atoms with Gasteiger partial charge in [0.15, 0.2) is 6.10 Å². The molecule has 9 nitrogen and oxygen atoms in total. The first-order chi connectivity index (χ1) is 14.8. The van der Waals surface area contributed by atoms with Crippen LogP contribution in [-0.4, -0.2) is 41.6 Å². The molecule has 0 aliphatic carbocycles. The first-order valence-electron chi connectivity index (χ1n) is 9.44. The number of barbiturate groups is 1. The summed E-state index contributed by atoms with van der Waals surface area (Å²) in [4.78, 5) is 49.7. The number of carbonyl (C=O) groups excluding carboxylic acids is 3. The molecule has 3 rings (SSSR count). The highest BCUT2D eigenvalue weighted by Gasteiger charge is 2.37. The number of urea groups is 1. The Bertz CT molecular complexity index is 1060. The zero-order valence-corrected chi connectivity index (χ0v) is 16.8. The molecule has 0 aromatic heterocycles. The molecule has 1 atom stereocenters. The molecule has 1 aliphatic rings. The minimum Gasteiger partial charge on any atom is -0.494 e. The maximum atomic E-state index is 13.0. The Hall–Kier alpha value is -4.14. The Morgan fingerprint density at radius 2 is 1.81 bits per heavy atom. The van der Waals surface area contributed by atoms with E-state index in [0.29, 0.717) is 17.9 Å². The summed E-state index contributed by atoms with van der Waals surface area (Å²) in [6.07, 6.45) is 0.118. The van der Waals surface area contributed by atoms with Gasteiger partial charge >= 0.3 is 12.0 Å². The van der Waals surface area contributed by atoms with Crippen LogP contribution in [0.2, 0.25) is 0 Å². The zero-order valence-electron chi connectivity index (χ0n) is 16.8. The van der Waals surface area contributed by atoms with Crippen molar-refractivity contribution in [2.24, 2.45) is 0 Å². The normalized spacial score (nSPS) is 16.1. The van der Waals surface area contributed by atoms with Gasteiger partial charge in [-0.25, -0.2) is 14.5 Å². The van der Waals surface area contributed by atoms with Gasteiger partial charge in [0.2, 0.25) is 0 Å². The Kier molecular flexibility index (Phi) is 6.35. The number of hydrogen-bond acceptors (Lipinski definition) is 6. The second-order valence-corrected chi connectivity index (χ2v) is 6.52. The molecular formula is C22H20N2O7. The highest BCUT2D eigenvalue weighted by molar-refractivity contribution is 6.39. The summed E-state index contributed by atoms with van der Waals surface area (Å²) in [6, 6.07) is 11.8. The van der Waals surface area contributed by atoms with Crippen LogP contribution in [0.25, 0.3) is 6.08 Å². The number of imide groups is 2. The van der Waals surface area contributed by atoms with Crippen LogP contribution in [-0.2, 0) is 14.4 Å². The first-order valence-corrected chi connectivity index (χ1v) is 9.44. The van der Waals surface area contributed by atoms with E-state index in [2.05, 4.69) is 5.32 Å². The number of carboxylic acids is 1. The molecule has 1 unspecified atom stereocenters. The van der Waals surface area contributed by atoms with Crippen molar-refractivity contribution >= 4 is 35.6 Å². The van der Waals surface area contributed by atoms with Crippen molar-refractivity contribution in [3.05, 3.63) is 59.7 Å². The van der Waals surface area contributed by atoms with Crippen molar-refractivity contribution in [1.29, 1.82) is 0 Å². The summed E-state index contributed by atoms with van der Waals surface area (Å²) in [5.74, 6) is -2.10. The standard InChI is InChI=1S/C22H20N2O7/c1-3-30-16-10-8-15(9-11-16)24-20(26)17(19(25)23-22(24)29)12-14-6-4-5-7-18(14)31-13(2)21(27)28/h4-13H,3H2,1-2H3,(H,27,28)(H,23,25,29)/b17-12-. The predicted molar refractivity (Wildman–Crippen MR) is 111 cm³/mol. The molecule has 2 aromatic carbocycles. The number of hydrogen-bond donors (Lipinski definition) is 2. The van der Waals surface area contributed by atoms with Crippen LogP contribution in [0.1, 0.15) is 19.4 Å². The van der Waals surface area contributed by atoms with Gasteiger partial charge in [-0.1, -0.05) is 18.2 Å². The lowest BCUT2D eigenvalue weighted by molar-refractivity contribution is -0.144. The van der Waals surface area contributed by atoms with E-state index in [1.807, 2.05) is 6.92 Å². The van der Waals surface area contributed by atoms with E-state index in [1.54, 1.807) is 30.3 Å². The fourth-order valence-corrected chi connectivity index (χ4v) is 2.85. The molecule has 4 amide bonds. The molecule has 9 heteroatoms. The van der Waals surface area contributed by atoms with Gasteiger partial charge in [-0.05, 0) is 50.3 Å². The number of rotatable bonds is 7. The molecule has 1 heterocycles. The maximum Gasteiger partial charge on any atom is 0.344 e. The van der Waals surface area contributed by atoms with E-state index in [4.69, 9.17) is 14.6 Å². The van der Waals surface area contributed by atoms with Crippen LogP contribution in [0.15, 0.2) is 54.1 Å². The molecule has 1 saturated heterocycles. The zero-order chi connectivity index (χ0) is 22.5. The average molecular weight is 424 g/mol. The average Bonchev–Trinajstić information content (AvgIpc) is 2.73. The summed E-state index contributed by atoms with van der Waals surface area (Å²) < 4.78 is 10.8. The van der Waals surface area contributed by atoms with Gasteiger partial charge < -0.3 is 14.6 Å². The fraction of sp³-hybridized carbons (Fsp3) is 0.182. The number of carbonyl (C=O) groups is 4. The summed E-state index contributed by atoms with van der Waals surface area (Å²) in [5.41, 5.74) is 0.274. The SMILES string of the molecule is CCOc1ccc(N2C(=O)NC(=O)/C(=C/c3ccccc3OC(C)C(=O)O)C2=O)cc1. The minimum absolute atomic E-state index is 0.176. The second kappa shape index (κ2) is 9.12. The van der Waals surface area contributed by atoms with Crippen molar-refractivity contribution in [1.82, 2.24) is 5.32 Å². The first kappa shape index (κ1) is 21.6. The van der Waals surface area contributed by atoms with Crippen LogP contribution in [0.4, 0.5) is 10.5 Å². The maximum absolute atomic E-state index is 13.0. The lowest BCUT2D eigenvalue weighted by Gasteiger charge is -2.26. The second-order valence-electron chi connectivity index (χ2n) is 6.52. The van der Waals surface area contributed by atoms with Gasteiger partial charge in [-0.3, -0.25) is 14.9 Å². The number of nitrogens with zero attached hydrogens (tertiary/aromatic N) is 1. The van der Waals surface area contributed by atoms with E-state index in [-0.39, 0.29) is 17.0 Å². The largest absolute Gasteiger partial charge is 0.494 e. The molecule has 2 aromatic rings. The Balaban J connectivity index is 1.95. The van der Waals surface area contributed by atoms with Gasteiger partial charge in [0, 0.05) is 5.56 Å². The molecular weight excluding hydrogens is 404 g/mol. The Labute approximate surface area is 177 Å². The Morgan fingerprint density at radius 1 is 1.13 bits per heavy atom. The highest BCUT2D eigenvalue weighted by Crippen LogP contribution is 2.27. The lowest BCUT2D eigenvalue weighted by Crippen LogP contribution is -2.54. The van der Waals surface area contributed by atoms with Crippen LogP contribution in [0, 0.1) is 0 Å². The van der Waals surface area contributed by atoms with E-state index in [0.717, 1.165) is 4.90 Å². The Morgan fingerprint density at radius 3 is 2.45 bits per heavy atom. The predicted octanol–water partition coefficient (Wildman–Crippen LogP) is 2.60. The number of amides is 4. The van der Waals surface area contributed by atoms with Crippen molar-refractivity contribution in [3.8, 4) is 11.5 Å². The van der Waals surface area contributed by atoms with E-state index in [1.165, 1.54) is 31.2 Å². The van der Waals surface area contributed by atoms with Crippen molar-refractivity contribution in [3.63, 3.8) is 0 Å². The number of para-hydroxylation sites is 1. The topological polar surface area (TPSA) is 122 Å². The molecule has 1 aliphatic heterocycles. The van der Waals surface area contributed by atoms with E-state index >= 15 is 0 Å². The number of nitrogens with one attached hydrogen (secondary N) is 1. The molecule has 160 valence electrons. The van der Waals surface area contributed by atoms with Crippen LogP contribution in [0.5, 0.6) is 11.5 Å². The molecule has 0 radical (unpaired) electrons. The van der Waals surface area contributed by atoms with Gasteiger partial charge in [0.05, 0.1) is 12.3 Å². The number of ether oxygens (including phenoxy) is 2. The van der Waals surface area contributed by atoms with Crippen molar-refractivity contribution in [2.75, 3.05) is 11.5 Å². The molecule has 0 bridgehead atoms. The summed E-state index contributed by atoms with van der Waals surface area (Å²) in [6.45, 7) is 3.65. The van der Waals surface area contributed by atoms with Gasteiger partial charge in [0.25, 0.3) is 11.8 Å². The number of carboxylic acid groups (broad SMARTS) is 1. The fourth-order valence-electron chi connectivity index (χ4n) is 2.85. The molecule has 0 spiro atoms. The third-order valence-corrected chi connectivity index (χ3v) is 4.38. The quantitative estimate of drug-likeness (QED) is 0.517. The van der Waals surface area contributed by atoms with Crippen molar-refractivity contribution in [2.45, 2.75) is 20.0 Å². The van der Waals surface area contributed by atoms with Crippen molar-refractivity contribution < 1.29 is 33.8 Å². The lowest BCUT2D eigenvalue weighted by atomic mass is 10.1. The van der Waals surface area contributed by atoms with E-state index in [9.17, 15) is 19.2 Å². The molecule has 1 fully saturated rings. The van der Waals surface area contributed by atoms with Gasteiger partial charge in [-0.15, -0.1) is 0 Å². The van der Waals surface area contributed by atoms with Crippen LogP contribution >= 0.6 is 0 Å². The minimum atomic E-state index is -1.17. The van der Waals surface area contributed by atoms with Gasteiger partial charge in [0.1, 0.15) is 17.1 Å².